The zero-order valence-corrected chi connectivity index (χ0v) is 19.7. The van der Waals surface area contributed by atoms with Crippen molar-refractivity contribution in [1.29, 1.82) is 0 Å². The third kappa shape index (κ3) is 5.88. The summed E-state index contributed by atoms with van der Waals surface area (Å²) in [7, 11) is 3.90. The maximum Gasteiger partial charge on any atom is 0.573 e. The SMILES string of the molecule is CN(C)c1ccccc1-c1cc(CNC(=O)c2ccccc2OC(F)(F)F)nn1PI. The second-order valence-electron chi connectivity index (χ2n) is 6.66. The summed E-state index contributed by atoms with van der Waals surface area (Å²) in [4.78, 5) is 14.5. The zero-order valence-electron chi connectivity index (χ0n) is 16.6. The van der Waals surface area contributed by atoms with Crippen molar-refractivity contribution < 1.29 is 22.7 Å². The second-order valence-corrected chi connectivity index (χ2v) is 8.70. The Morgan fingerprint density at radius 1 is 1.19 bits per heavy atom. The van der Waals surface area contributed by atoms with Crippen LogP contribution < -0.4 is 15.0 Å². The molecule has 0 saturated carbocycles. The van der Waals surface area contributed by atoms with E-state index in [2.05, 4.69) is 37.2 Å². The summed E-state index contributed by atoms with van der Waals surface area (Å²) in [6.07, 6.45) is -4.56. The molecule has 1 aromatic heterocycles. The van der Waals surface area contributed by atoms with Crippen LogP contribution in [0.2, 0.25) is 0 Å². The number of ether oxygens (including phenoxy) is 1. The molecule has 3 aromatic rings. The van der Waals surface area contributed by atoms with Gasteiger partial charge in [-0.05, 0) is 46.3 Å². The van der Waals surface area contributed by atoms with Crippen molar-refractivity contribution in [3.63, 3.8) is 0 Å². The molecule has 164 valence electrons. The van der Waals surface area contributed by atoms with Gasteiger partial charge in [0.1, 0.15) is 5.75 Å². The highest BCUT2D eigenvalue weighted by Gasteiger charge is 2.32. The van der Waals surface area contributed by atoms with Gasteiger partial charge in [-0.3, -0.25) is 4.79 Å². The molecular formula is C20H19F3IN4O2P. The van der Waals surface area contributed by atoms with Gasteiger partial charge in [-0.15, -0.1) is 13.2 Å². The Morgan fingerprint density at radius 2 is 1.87 bits per heavy atom. The molecule has 0 radical (unpaired) electrons. The zero-order chi connectivity index (χ0) is 22.6. The smallest absolute Gasteiger partial charge is 0.405 e. The first-order valence-corrected chi connectivity index (χ1v) is 13.1. The summed E-state index contributed by atoms with van der Waals surface area (Å²) in [5.41, 5.74) is 3.29. The van der Waals surface area contributed by atoms with E-state index in [0.717, 1.165) is 23.0 Å². The number of anilines is 1. The van der Waals surface area contributed by atoms with E-state index in [1.54, 1.807) is 0 Å². The first kappa shape index (κ1) is 23.3. The summed E-state index contributed by atoms with van der Waals surface area (Å²) in [6, 6.07) is 15.0. The molecule has 1 atom stereocenters. The van der Waals surface area contributed by atoms with E-state index in [1.165, 1.54) is 18.2 Å². The van der Waals surface area contributed by atoms with Gasteiger partial charge in [-0.2, -0.15) is 5.10 Å². The first-order chi connectivity index (χ1) is 14.7. The number of benzene rings is 2. The molecule has 0 aliphatic rings. The average molecular weight is 562 g/mol. The van der Waals surface area contributed by atoms with Crippen molar-refractivity contribution in [2.75, 3.05) is 19.0 Å². The normalized spacial score (nSPS) is 11.7. The van der Waals surface area contributed by atoms with Gasteiger partial charge in [-0.1, -0.05) is 30.3 Å². The molecule has 31 heavy (non-hydrogen) atoms. The molecule has 0 spiro atoms. The summed E-state index contributed by atoms with van der Waals surface area (Å²) in [5, 5.41) is 7.15. The molecule has 2 aromatic carbocycles. The lowest BCUT2D eigenvalue weighted by Crippen LogP contribution is -2.25. The molecule has 1 heterocycles. The van der Waals surface area contributed by atoms with E-state index >= 15 is 0 Å². The lowest BCUT2D eigenvalue weighted by atomic mass is 10.1. The highest BCUT2D eigenvalue weighted by atomic mass is 127. The van der Waals surface area contributed by atoms with Gasteiger partial charge in [0.2, 0.25) is 0 Å². The van der Waals surface area contributed by atoms with Crippen molar-refractivity contribution in [3.8, 4) is 17.0 Å². The van der Waals surface area contributed by atoms with Crippen LogP contribution in [-0.4, -0.2) is 35.9 Å². The lowest BCUT2D eigenvalue weighted by molar-refractivity contribution is -0.274. The van der Waals surface area contributed by atoms with E-state index in [4.69, 9.17) is 0 Å². The molecule has 1 amide bonds. The number of alkyl halides is 3. The number of rotatable bonds is 7. The van der Waals surface area contributed by atoms with Crippen molar-refractivity contribution in [2.24, 2.45) is 0 Å². The van der Waals surface area contributed by atoms with Crippen LogP contribution in [-0.2, 0) is 6.54 Å². The molecule has 1 N–H and O–H groups in total. The van der Waals surface area contributed by atoms with Crippen LogP contribution in [0.25, 0.3) is 11.3 Å². The largest absolute Gasteiger partial charge is 0.573 e. The number of hydrogen-bond acceptors (Lipinski definition) is 4. The fraction of sp³-hybridized carbons (Fsp3) is 0.200. The average Bonchev–Trinajstić information content (AvgIpc) is 3.14. The van der Waals surface area contributed by atoms with E-state index in [9.17, 15) is 18.0 Å². The second kappa shape index (κ2) is 9.86. The number of para-hydroxylation sites is 2. The molecule has 6 nitrogen and oxygen atoms in total. The fourth-order valence-corrected chi connectivity index (χ4v) is 4.53. The van der Waals surface area contributed by atoms with Crippen LogP contribution in [0.3, 0.4) is 0 Å². The fourth-order valence-electron chi connectivity index (χ4n) is 2.99. The molecule has 0 saturated heterocycles. The molecule has 0 aliphatic carbocycles. The topological polar surface area (TPSA) is 59.4 Å². The lowest BCUT2D eigenvalue weighted by Gasteiger charge is -2.17. The van der Waals surface area contributed by atoms with Crippen LogP contribution in [0, 0.1) is 0 Å². The standard InChI is InChI=1S/C20H19F3IN4O2P/c1-27(2)16-9-5-3-7-14(16)17-11-13(26-28(17)31-24)12-25-19(29)15-8-4-6-10-18(15)30-20(21,22)23/h3-11,31H,12H2,1-2H3,(H,25,29). The summed E-state index contributed by atoms with van der Waals surface area (Å²) in [6.45, 7) is 0.0600. The third-order valence-electron chi connectivity index (χ3n) is 4.29. The number of nitrogens with one attached hydrogen (secondary N) is 1. The van der Waals surface area contributed by atoms with Crippen molar-refractivity contribution >= 4 is 40.0 Å². The van der Waals surface area contributed by atoms with Gasteiger partial charge in [0.15, 0.2) is 0 Å². The van der Waals surface area contributed by atoms with Crippen molar-refractivity contribution in [3.05, 3.63) is 65.9 Å². The predicted molar refractivity (Wildman–Crippen MR) is 124 cm³/mol. The minimum atomic E-state index is -4.88. The van der Waals surface area contributed by atoms with Crippen LogP contribution in [0.5, 0.6) is 5.75 Å². The first-order valence-electron chi connectivity index (χ1n) is 9.05. The number of hydrogen-bond donors (Lipinski definition) is 1. The van der Waals surface area contributed by atoms with Crippen LogP contribution >= 0.6 is 28.4 Å². The van der Waals surface area contributed by atoms with E-state index < -0.39 is 18.0 Å². The number of nitrogens with zero attached hydrogens (tertiary/aromatic N) is 3. The minimum absolute atomic E-state index is 0.0600. The molecule has 1 unspecified atom stereocenters. The quantitative estimate of drug-likeness (QED) is 0.317. The Hall–Kier alpha value is -2.33. The molecular weight excluding hydrogens is 543 g/mol. The number of halogens is 4. The van der Waals surface area contributed by atoms with Crippen molar-refractivity contribution in [2.45, 2.75) is 12.9 Å². The Labute approximate surface area is 192 Å². The molecule has 0 aliphatic heterocycles. The molecule has 0 bridgehead atoms. The van der Waals surface area contributed by atoms with Crippen LogP contribution in [0.4, 0.5) is 18.9 Å². The monoisotopic (exact) mass is 562 g/mol. The Kier molecular flexibility index (Phi) is 7.42. The van der Waals surface area contributed by atoms with Crippen LogP contribution in [0.15, 0.2) is 54.6 Å². The van der Waals surface area contributed by atoms with Crippen molar-refractivity contribution in [1.82, 2.24) is 14.9 Å². The van der Waals surface area contributed by atoms with E-state index in [-0.39, 0.29) is 12.1 Å². The minimum Gasteiger partial charge on any atom is -0.405 e. The summed E-state index contributed by atoms with van der Waals surface area (Å²) < 4.78 is 43.6. The maximum absolute atomic E-state index is 12.6. The van der Waals surface area contributed by atoms with Gasteiger partial charge in [-0.25, -0.2) is 4.45 Å². The predicted octanol–water partition coefficient (Wildman–Crippen LogP) is 5.24. The van der Waals surface area contributed by atoms with E-state index in [1.807, 2.05) is 53.8 Å². The highest BCUT2D eigenvalue weighted by molar-refractivity contribution is 14.2. The molecule has 0 fully saturated rings. The molecule has 3 rings (SSSR count). The number of amides is 1. The Balaban J connectivity index is 1.81. The Morgan fingerprint density at radius 3 is 2.55 bits per heavy atom. The van der Waals surface area contributed by atoms with Gasteiger partial charge < -0.3 is 15.0 Å². The van der Waals surface area contributed by atoms with E-state index in [0.29, 0.717) is 12.1 Å². The number of carbonyl (C=O) groups excluding carboxylic acids is 1. The summed E-state index contributed by atoms with van der Waals surface area (Å²) >= 11 is 2.22. The number of carbonyl (C=O) groups is 1. The maximum atomic E-state index is 12.6. The van der Waals surface area contributed by atoms with Crippen LogP contribution in [0.1, 0.15) is 16.1 Å². The van der Waals surface area contributed by atoms with Gasteiger partial charge >= 0.3 is 6.36 Å². The van der Waals surface area contributed by atoms with Gasteiger partial charge in [0.05, 0.1) is 29.9 Å². The third-order valence-corrected chi connectivity index (χ3v) is 6.16. The Bertz CT molecular complexity index is 1070. The van der Waals surface area contributed by atoms with Gasteiger partial charge in [0.25, 0.3) is 5.91 Å². The molecule has 11 heteroatoms. The summed E-state index contributed by atoms with van der Waals surface area (Å²) in [5.74, 6) is -1.23. The highest BCUT2D eigenvalue weighted by Crippen LogP contribution is 2.36. The number of aromatic nitrogens is 2. The van der Waals surface area contributed by atoms with Gasteiger partial charge in [0, 0.05) is 25.3 Å².